The van der Waals surface area contributed by atoms with Crippen LogP contribution >= 0.6 is 0 Å². The fraction of sp³-hybridized carbons (Fsp3) is 0.294. The number of aliphatic hydroxyl groups is 1. The summed E-state index contributed by atoms with van der Waals surface area (Å²) in [6.07, 6.45) is -5.87. The number of methoxy groups -OCH3 is 1. The number of halogens is 3. The van der Waals surface area contributed by atoms with E-state index in [0.717, 1.165) is 11.6 Å². The summed E-state index contributed by atoms with van der Waals surface area (Å²) in [5, 5.41) is 9.64. The number of alkyl halides is 3. The van der Waals surface area contributed by atoms with Gasteiger partial charge >= 0.3 is 6.18 Å². The van der Waals surface area contributed by atoms with Crippen LogP contribution in [0.4, 0.5) is 13.2 Å². The molecular weight excluding hydrogens is 309 g/mol. The fourth-order valence-corrected chi connectivity index (χ4v) is 2.17. The maximum absolute atomic E-state index is 13.1. The maximum atomic E-state index is 13.1. The van der Waals surface area contributed by atoms with Crippen molar-refractivity contribution in [3.8, 4) is 11.5 Å². The molecule has 0 heterocycles. The molecule has 0 aliphatic carbocycles. The molecule has 1 atom stereocenters. The van der Waals surface area contributed by atoms with Crippen LogP contribution in [0.15, 0.2) is 42.5 Å². The van der Waals surface area contributed by atoms with Gasteiger partial charge in [0.2, 0.25) is 0 Å². The van der Waals surface area contributed by atoms with Crippen LogP contribution in [-0.4, -0.2) is 12.2 Å². The first kappa shape index (κ1) is 17.1. The SMILES string of the molecule is COc1cc(C(F)(F)F)c(C(C)O)cc1OCc1ccccc1. The van der Waals surface area contributed by atoms with Crippen molar-refractivity contribution in [2.75, 3.05) is 7.11 Å². The molecule has 2 aromatic carbocycles. The molecule has 0 saturated heterocycles. The average molecular weight is 326 g/mol. The number of hydrogen-bond donors (Lipinski definition) is 1. The van der Waals surface area contributed by atoms with E-state index in [2.05, 4.69) is 0 Å². The van der Waals surface area contributed by atoms with Crippen molar-refractivity contribution in [2.24, 2.45) is 0 Å². The quantitative estimate of drug-likeness (QED) is 0.888. The van der Waals surface area contributed by atoms with Crippen molar-refractivity contribution in [3.63, 3.8) is 0 Å². The number of ether oxygens (including phenoxy) is 2. The lowest BCUT2D eigenvalue weighted by Crippen LogP contribution is -2.12. The Morgan fingerprint density at radius 3 is 2.26 bits per heavy atom. The van der Waals surface area contributed by atoms with Crippen LogP contribution in [0.25, 0.3) is 0 Å². The van der Waals surface area contributed by atoms with Crippen LogP contribution in [-0.2, 0) is 12.8 Å². The first-order chi connectivity index (χ1) is 10.8. The third-order valence-corrected chi connectivity index (χ3v) is 3.33. The summed E-state index contributed by atoms with van der Waals surface area (Å²) in [7, 11) is 1.27. The summed E-state index contributed by atoms with van der Waals surface area (Å²) in [5.41, 5.74) is -0.314. The fourth-order valence-electron chi connectivity index (χ4n) is 2.17. The van der Waals surface area contributed by atoms with Gasteiger partial charge in [-0.3, -0.25) is 0 Å². The van der Waals surface area contributed by atoms with E-state index < -0.39 is 17.8 Å². The van der Waals surface area contributed by atoms with Crippen molar-refractivity contribution >= 4 is 0 Å². The Morgan fingerprint density at radius 2 is 1.74 bits per heavy atom. The third-order valence-electron chi connectivity index (χ3n) is 3.33. The molecule has 124 valence electrons. The molecule has 0 aliphatic heterocycles. The molecule has 1 N–H and O–H groups in total. The van der Waals surface area contributed by atoms with Crippen molar-refractivity contribution in [2.45, 2.75) is 25.8 Å². The lowest BCUT2D eigenvalue weighted by molar-refractivity contribution is -0.139. The second-order valence-electron chi connectivity index (χ2n) is 5.04. The van der Waals surface area contributed by atoms with Crippen molar-refractivity contribution in [1.82, 2.24) is 0 Å². The Morgan fingerprint density at radius 1 is 1.09 bits per heavy atom. The average Bonchev–Trinajstić information content (AvgIpc) is 2.52. The molecule has 3 nitrogen and oxygen atoms in total. The molecule has 0 saturated carbocycles. The summed E-state index contributed by atoms with van der Waals surface area (Å²) < 4.78 is 49.9. The normalized spacial score (nSPS) is 12.8. The van der Waals surface area contributed by atoms with Gasteiger partial charge < -0.3 is 14.6 Å². The molecule has 2 aromatic rings. The van der Waals surface area contributed by atoms with Gasteiger partial charge in [-0.05, 0) is 30.2 Å². The Hall–Kier alpha value is -2.21. The van der Waals surface area contributed by atoms with E-state index in [1.165, 1.54) is 20.1 Å². The van der Waals surface area contributed by atoms with Gasteiger partial charge in [0, 0.05) is 0 Å². The zero-order valence-corrected chi connectivity index (χ0v) is 12.7. The first-order valence-corrected chi connectivity index (χ1v) is 6.97. The zero-order chi connectivity index (χ0) is 17.0. The predicted molar refractivity (Wildman–Crippen MR) is 79.4 cm³/mol. The Kier molecular flexibility index (Phi) is 5.15. The van der Waals surface area contributed by atoms with E-state index in [9.17, 15) is 18.3 Å². The van der Waals surface area contributed by atoms with Gasteiger partial charge in [-0.25, -0.2) is 0 Å². The molecule has 1 unspecified atom stereocenters. The molecule has 0 amide bonds. The largest absolute Gasteiger partial charge is 0.493 e. The first-order valence-electron chi connectivity index (χ1n) is 6.97. The van der Waals surface area contributed by atoms with E-state index in [1.54, 1.807) is 0 Å². The second-order valence-corrected chi connectivity index (χ2v) is 5.04. The van der Waals surface area contributed by atoms with E-state index in [-0.39, 0.29) is 23.7 Å². The highest BCUT2D eigenvalue weighted by Crippen LogP contribution is 2.41. The topological polar surface area (TPSA) is 38.7 Å². The van der Waals surface area contributed by atoms with E-state index >= 15 is 0 Å². The number of hydrogen-bond acceptors (Lipinski definition) is 3. The Labute approximate surface area is 132 Å². The molecule has 0 aromatic heterocycles. The van der Waals surface area contributed by atoms with Crippen LogP contribution in [0, 0.1) is 0 Å². The maximum Gasteiger partial charge on any atom is 0.416 e. The lowest BCUT2D eigenvalue weighted by atomic mass is 10.0. The highest BCUT2D eigenvalue weighted by atomic mass is 19.4. The van der Waals surface area contributed by atoms with E-state index in [4.69, 9.17) is 9.47 Å². The summed E-state index contributed by atoms with van der Waals surface area (Å²) in [4.78, 5) is 0. The van der Waals surface area contributed by atoms with E-state index in [0.29, 0.717) is 0 Å². The van der Waals surface area contributed by atoms with Crippen molar-refractivity contribution in [3.05, 3.63) is 59.2 Å². The summed E-state index contributed by atoms with van der Waals surface area (Å²) in [5.74, 6) is 0.123. The smallest absolute Gasteiger partial charge is 0.416 e. The van der Waals surface area contributed by atoms with Crippen LogP contribution in [0.5, 0.6) is 11.5 Å². The van der Waals surface area contributed by atoms with Gasteiger partial charge in [-0.1, -0.05) is 30.3 Å². The summed E-state index contributed by atoms with van der Waals surface area (Å²) in [6, 6.07) is 11.2. The standard InChI is InChI=1S/C17H17F3O3/c1-11(21)13-8-16(23-10-12-6-4-3-5-7-12)15(22-2)9-14(13)17(18,19)20/h3-9,11,21H,10H2,1-2H3. The molecule has 0 bridgehead atoms. The van der Waals surface area contributed by atoms with E-state index in [1.807, 2.05) is 30.3 Å². The van der Waals surface area contributed by atoms with Gasteiger partial charge in [0.25, 0.3) is 0 Å². The van der Waals surface area contributed by atoms with Gasteiger partial charge in [-0.2, -0.15) is 13.2 Å². The molecule has 0 aliphatic rings. The summed E-state index contributed by atoms with van der Waals surface area (Å²) in [6.45, 7) is 1.46. The lowest BCUT2D eigenvalue weighted by Gasteiger charge is -2.19. The van der Waals surface area contributed by atoms with Gasteiger partial charge in [0.15, 0.2) is 11.5 Å². The molecule has 2 rings (SSSR count). The minimum atomic E-state index is -4.59. The van der Waals surface area contributed by atoms with Gasteiger partial charge in [0.1, 0.15) is 6.61 Å². The number of benzene rings is 2. The van der Waals surface area contributed by atoms with Gasteiger partial charge in [0.05, 0.1) is 18.8 Å². The second kappa shape index (κ2) is 6.91. The minimum Gasteiger partial charge on any atom is -0.493 e. The third kappa shape index (κ3) is 4.16. The Bertz CT molecular complexity index is 652. The highest BCUT2D eigenvalue weighted by molar-refractivity contribution is 5.49. The molecule has 0 fully saturated rings. The summed E-state index contributed by atoms with van der Waals surface area (Å²) >= 11 is 0. The molecule has 0 spiro atoms. The molecule has 23 heavy (non-hydrogen) atoms. The number of rotatable bonds is 5. The minimum absolute atomic E-state index is 0.0299. The molecule has 0 radical (unpaired) electrons. The molecule has 6 heteroatoms. The number of aliphatic hydroxyl groups excluding tert-OH is 1. The monoisotopic (exact) mass is 326 g/mol. The van der Waals surface area contributed by atoms with Gasteiger partial charge in [-0.15, -0.1) is 0 Å². The predicted octanol–water partition coefficient (Wildman–Crippen LogP) is 4.35. The van der Waals surface area contributed by atoms with Crippen LogP contribution < -0.4 is 9.47 Å². The van der Waals surface area contributed by atoms with Crippen LogP contribution in [0.1, 0.15) is 29.7 Å². The van der Waals surface area contributed by atoms with Crippen molar-refractivity contribution in [1.29, 1.82) is 0 Å². The highest BCUT2D eigenvalue weighted by Gasteiger charge is 2.36. The van der Waals surface area contributed by atoms with Crippen LogP contribution in [0.3, 0.4) is 0 Å². The van der Waals surface area contributed by atoms with Crippen LogP contribution in [0.2, 0.25) is 0 Å². The molecular formula is C17H17F3O3. The zero-order valence-electron chi connectivity index (χ0n) is 12.7. The Balaban J connectivity index is 2.37. The van der Waals surface area contributed by atoms with Crippen molar-refractivity contribution < 1.29 is 27.8 Å².